The molecular weight excluding hydrogens is 284 g/mol. The van der Waals surface area contributed by atoms with Crippen molar-refractivity contribution < 1.29 is 5.11 Å². The van der Waals surface area contributed by atoms with Crippen LogP contribution in [0.3, 0.4) is 0 Å². The third-order valence-corrected chi connectivity index (χ3v) is 3.78. The Bertz CT molecular complexity index is 596. The molecule has 0 bridgehead atoms. The fourth-order valence-electron chi connectivity index (χ4n) is 2.29. The molecule has 0 fully saturated rings. The molecule has 0 aliphatic carbocycles. The molecule has 0 aliphatic rings. The number of hydrogen-bond acceptors (Lipinski definition) is 3. The van der Waals surface area contributed by atoms with E-state index in [1.54, 1.807) is 12.1 Å². The lowest BCUT2D eigenvalue weighted by Crippen LogP contribution is -2.11. The van der Waals surface area contributed by atoms with Crippen LogP contribution in [0, 0.1) is 0 Å². The largest absolute Gasteiger partial charge is 0.508 e. The summed E-state index contributed by atoms with van der Waals surface area (Å²) in [5.74, 6) is 0.284. The Morgan fingerprint density at radius 2 is 1.81 bits per heavy atom. The van der Waals surface area contributed by atoms with Crippen molar-refractivity contribution in [3.05, 3.63) is 53.1 Å². The molecule has 0 amide bonds. The highest BCUT2D eigenvalue weighted by Crippen LogP contribution is 2.30. The number of hydrogen-bond donors (Lipinski definition) is 2. The summed E-state index contributed by atoms with van der Waals surface area (Å²) in [4.78, 5) is 1.99. The lowest BCUT2D eigenvalue weighted by molar-refractivity contribution is 0.475. The summed E-state index contributed by atoms with van der Waals surface area (Å²) in [6, 6.07) is 13.5. The first-order chi connectivity index (χ1) is 10.0. The maximum Gasteiger partial charge on any atom is 0.115 e. The molecule has 3 nitrogen and oxygen atoms in total. The van der Waals surface area contributed by atoms with Crippen molar-refractivity contribution in [2.24, 2.45) is 0 Å². The van der Waals surface area contributed by atoms with E-state index in [9.17, 15) is 5.11 Å². The van der Waals surface area contributed by atoms with E-state index in [1.165, 1.54) is 0 Å². The van der Waals surface area contributed by atoms with Gasteiger partial charge in [0.15, 0.2) is 0 Å². The number of rotatable bonds is 5. The highest BCUT2D eigenvalue weighted by Gasteiger charge is 2.10. The molecule has 0 saturated carbocycles. The summed E-state index contributed by atoms with van der Waals surface area (Å²) in [6.45, 7) is 2.13. The minimum Gasteiger partial charge on any atom is -0.508 e. The van der Waals surface area contributed by atoms with Crippen LogP contribution in [0.15, 0.2) is 42.5 Å². The quantitative estimate of drug-likeness (QED) is 0.842. The van der Waals surface area contributed by atoms with Crippen molar-refractivity contribution in [2.75, 3.05) is 24.3 Å². The second kappa shape index (κ2) is 6.72. The van der Waals surface area contributed by atoms with E-state index in [2.05, 4.69) is 12.2 Å². The average molecular weight is 305 g/mol. The van der Waals surface area contributed by atoms with Crippen LogP contribution in [0.1, 0.15) is 24.9 Å². The van der Waals surface area contributed by atoms with E-state index in [0.29, 0.717) is 0 Å². The van der Waals surface area contributed by atoms with Gasteiger partial charge in [0.05, 0.1) is 16.8 Å². The Labute approximate surface area is 131 Å². The highest BCUT2D eigenvalue weighted by atomic mass is 35.5. The standard InChI is InChI=1S/C17H21ClN2O/c1-4-16(12-5-8-14(21)9-6-12)19-13-7-10-17(20(2)3)15(18)11-13/h5-11,16,19,21H,4H2,1-3H3. The fourth-order valence-corrected chi connectivity index (χ4v) is 2.64. The van der Waals surface area contributed by atoms with E-state index in [0.717, 1.165) is 28.4 Å². The average Bonchev–Trinajstić information content (AvgIpc) is 2.45. The van der Waals surface area contributed by atoms with Crippen LogP contribution in [-0.2, 0) is 0 Å². The monoisotopic (exact) mass is 304 g/mol. The van der Waals surface area contributed by atoms with Gasteiger partial charge in [-0.3, -0.25) is 0 Å². The Kier molecular flexibility index (Phi) is 4.97. The summed E-state index contributed by atoms with van der Waals surface area (Å²) in [7, 11) is 3.94. The van der Waals surface area contributed by atoms with E-state index in [4.69, 9.17) is 11.6 Å². The van der Waals surface area contributed by atoms with Crippen molar-refractivity contribution in [3.8, 4) is 5.75 Å². The molecule has 2 N–H and O–H groups in total. The molecule has 0 radical (unpaired) electrons. The number of anilines is 2. The number of aromatic hydroxyl groups is 1. The van der Waals surface area contributed by atoms with Gasteiger partial charge in [-0.15, -0.1) is 0 Å². The molecule has 0 heterocycles. The third kappa shape index (κ3) is 3.82. The summed E-state index contributed by atoms with van der Waals surface area (Å²) in [6.07, 6.45) is 0.942. The predicted octanol–water partition coefficient (Wildman–Crippen LogP) is 4.67. The van der Waals surface area contributed by atoms with Crippen LogP contribution in [0.4, 0.5) is 11.4 Å². The predicted molar refractivity (Wildman–Crippen MR) is 90.5 cm³/mol. The van der Waals surface area contributed by atoms with Gasteiger partial charge in [0.1, 0.15) is 5.75 Å². The zero-order valence-electron chi connectivity index (χ0n) is 12.6. The zero-order chi connectivity index (χ0) is 15.4. The van der Waals surface area contributed by atoms with E-state index >= 15 is 0 Å². The first-order valence-electron chi connectivity index (χ1n) is 7.03. The molecule has 2 aromatic carbocycles. The van der Waals surface area contributed by atoms with Crippen LogP contribution in [0.25, 0.3) is 0 Å². The molecule has 21 heavy (non-hydrogen) atoms. The number of halogens is 1. The van der Waals surface area contributed by atoms with Gasteiger partial charge < -0.3 is 15.3 Å². The third-order valence-electron chi connectivity index (χ3n) is 3.47. The van der Waals surface area contributed by atoms with Gasteiger partial charge in [-0.05, 0) is 42.3 Å². The van der Waals surface area contributed by atoms with Crippen LogP contribution in [0.2, 0.25) is 5.02 Å². The number of nitrogens with one attached hydrogen (secondary N) is 1. The van der Waals surface area contributed by atoms with Gasteiger partial charge in [0.25, 0.3) is 0 Å². The molecule has 0 aliphatic heterocycles. The Morgan fingerprint density at radius 1 is 1.14 bits per heavy atom. The van der Waals surface area contributed by atoms with Crippen LogP contribution >= 0.6 is 11.6 Å². The van der Waals surface area contributed by atoms with Gasteiger partial charge in [-0.2, -0.15) is 0 Å². The lowest BCUT2D eigenvalue weighted by Gasteiger charge is -2.21. The first-order valence-corrected chi connectivity index (χ1v) is 7.41. The number of phenolic OH excluding ortho intramolecular Hbond substituents is 1. The van der Waals surface area contributed by atoms with Crippen LogP contribution in [-0.4, -0.2) is 19.2 Å². The van der Waals surface area contributed by atoms with E-state index in [1.807, 2.05) is 49.3 Å². The van der Waals surface area contributed by atoms with Gasteiger partial charge in [-0.1, -0.05) is 30.7 Å². The molecule has 2 rings (SSSR count). The maximum atomic E-state index is 9.38. The van der Waals surface area contributed by atoms with Crippen LogP contribution in [0.5, 0.6) is 5.75 Å². The number of nitrogens with zero attached hydrogens (tertiary/aromatic N) is 1. The Balaban J connectivity index is 2.19. The van der Waals surface area contributed by atoms with Gasteiger partial charge in [-0.25, -0.2) is 0 Å². The SMILES string of the molecule is CCC(Nc1ccc(N(C)C)c(Cl)c1)c1ccc(O)cc1. The molecule has 0 spiro atoms. The van der Waals surface area contributed by atoms with Crippen molar-refractivity contribution in [1.29, 1.82) is 0 Å². The minimum absolute atomic E-state index is 0.187. The Hall–Kier alpha value is -1.87. The molecular formula is C17H21ClN2O. The summed E-state index contributed by atoms with van der Waals surface area (Å²) in [5.41, 5.74) is 3.13. The molecule has 0 aromatic heterocycles. The summed E-state index contributed by atoms with van der Waals surface area (Å²) < 4.78 is 0. The van der Waals surface area contributed by atoms with Crippen molar-refractivity contribution in [3.63, 3.8) is 0 Å². The maximum absolute atomic E-state index is 9.38. The van der Waals surface area contributed by atoms with Crippen molar-refractivity contribution in [1.82, 2.24) is 0 Å². The Morgan fingerprint density at radius 3 is 2.33 bits per heavy atom. The molecule has 4 heteroatoms. The fraction of sp³-hybridized carbons (Fsp3) is 0.294. The summed E-state index contributed by atoms with van der Waals surface area (Å²) in [5, 5.41) is 13.6. The molecule has 1 unspecified atom stereocenters. The summed E-state index contributed by atoms with van der Waals surface area (Å²) >= 11 is 6.30. The topological polar surface area (TPSA) is 35.5 Å². The van der Waals surface area contributed by atoms with Crippen molar-refractivity contribution in [2.45, 2.75) is 19.4 Å². The normalized spacial score (nSPS) is 12.0. The molecule has 1 atom stereocenters. The minimum atomic E-state index is 0.187. The number of benzene rings is 2. The van der Waals surface area contributed by atoms with Crippen molar-refractivity contribution >= 4 is 23.0 Å². The highest BCUT2D eigenvalue weighted by molar-refractivity contribution is 6.33. The van der Waals surface area contributed by atoms with E-state index in [-0.39, 0.29) is 11.8 Å². The molecule has 2 aromatic rings. The van der Waals surface area contributed by atoms with E-state index < -0.39 is 0 Å². The van der Waals surface area contributed by atoms with Crippen LogP contribution < -0.4 is 10.2 Å². The molecule has 112 valence electrons. The smallest absolute Gasteiger partial charge is 0.115 e. The second-order valence-electron chi connectivity index (χ2n) is 5.26. The van der Waals surface area contributed by atoms with Gasteiger partial charge in [0, 0.05) is 19.8 Å². The lowest BCUT2D eigenvalue weighted by atomic mass is 10.0. The zero-order valence-corrected chi connectivity index (χ0v) is 13.4. The number of phenols is 1. The molecule has 0 saturated heterocycles. The first kappa shape index (κ1) is 15.5. The van der Waals surface area contributed by atoms with Gasteiger partial charge >= 0.3 is 0 Å². The second-order valence-corrected chi connectivity index (χ2v) is 5.66. The van der Waals surface area contributed by atoms with Gasteiger partial charge in [0.2, 0.25) is 0 Å².